The van der Waals surface area contributed by atoms with Crippen LogP contribution in [0, 0.1) is 5.92 Å². The zero-order valence-corrected chi connectivity index (χ0v) is 15.4. The van der Waals surface area contributed by atoms with Crippen molar-refractivity contribution in [2.45, 2.75) is 26.7 Å². The van der Waals surface area contributed by atoms with Crippen LogP contribution in [-0.4, -0.2) is 24.0 Å². The van der Waals surface area contributed by atoms with Gasteiger partial charge in [-0.05, 0) is 48.4 Å². The van der Waals surface area contributed by atoms with Crippen LogP contribution in [0.25, 0.3) is 0 Å². The number of carbonyl (C=O) groups excluding carboxylic acids is 1. The molecule has 25 heavy (non-hydrogen) atoms. The Hall–Kier alpha value is -2.33. The summed E-state index contributed by atoms with van der Waals surface area (Å²) in [6.07, 6.45) is 0.235. The largest absolute Gasteiger partial charge is 0.497 e. The summed E-state index contributed by atoms with van der Waals surface area (Å²) in [7, 11) is 1.55. The van der Waals surface area contributed by atoms with Crippen molar-refractivity contribution in [1.29, 1.82) is 0 Å². The molecule has 2 rings (SSSR count). The topological polar surface area (TPSA) is 63.6 Å². The smallest absolute Gasteiger partial charge is 0.307 e. The van der Waals surface area contributed by atoms with Crippen LogP contribution in [0.5, 0.6) is 5.75 Å². The molecule has 0 bridgehead atoms. The summed E-state index contributed by atoms with van der Waals surface area (Å²) in [5.74, 6) is -1.31. The number of halogens is 1. The van der Waals surface area contributed by atoms with Gasteiger partial charge in [0, 0.05) is 17.0 Å². The second-order valence-corrected chi connectivity index (χ2v) is 5.66. The molecule has 0 aliphatic rings. The van der Waals surface area contributed by atoms with Gasteiger partial charge in [-0.2, -0.15) is 0 Å². The van der Waals surface area contributed by atoms with E-state index in [1.54, 1.807) is 55.6 Å². The summed E-state index contributed by atoms with van der Waals surface area (Å²) >= 11 is 5.82. The lowest BCUT2D eigenvalue weighted by Gasteiger charge is -2.12. The standard InChI is InChI=1S/C18H17ClO4.C2H6/c1-23-16-8-4-13(5-9-16)17(20)11-14(18(21)22)10-12-2-6-15(19)7-3-12;1-2/h2-9,14H,10-11H2,1H3,(H,21,22);1-2H3. The van der Waals surface area contributed by atoms with E-state index in [0.717, 1.165) is 5.56 Å². The molecule has 0 amide bonds. The number of Topliss-reactive ketones (excluding diaryl/α,β-unsaturated/α-hetero) is 1. The Balaban J connectivity index is 0.00000151. The van der Waals surface area contributed by atoms with Crippen LogP contribution in [-0.2, 0) is 11.2 Å². The van der Waals surface area contributed by atoms with Crippen LogP contribution >= 0.6 is 11.6 Å². The number of hydrogen-bond acceptors (Lipinski definition) is 3. The first-order valence-corrected chi connectivity index (χ1v) is 8.52. The first-order chi connectivity index (χ1) is 12.0. The van der Waals surface area contributed by atoms with E-state index in [2.05, 4.69) is 0 Å². The summed E-state index contributed by atoms with van der Waals surface area (Å²) in [6, 6.07) is 13.6. The van der Waals surface area contributed by atoms with Gasteiger partial charge in [-0.25, -0.2) is 0 Å². The van der Waals surface area contributed by atoms with Crippen molar-refractivity contribution in [3.63, 3.8) is 0 Å². The van der Waals surface area contributed by atoms with Crippen molar-refractivity contribution in [1.82, 2.24) is 0 Å². The van der Waals surface area contributed by atoms with E-state index in [1.165, 1.54) is 0 Å². The highest BCUT2D eigenvalue weighted by Gasteiger charge is 2.22. The summed E-state index contributed by atoms with van der Waals surface area (Å²) in [5.41, 5.74) is 1.32. The summed E-state index contributed by atoms with van der Waals surface area (Å²) in [5, 5.41) is 9.96. The monoisotopic (exact) mass is 362 g/mol. The Morgan fingerprint density at radius 3 is 2.08 bits per heavy atom. The number of benzene rings is 2. The second-order valence-electron chi connectivity index (χ2n) is 5.22. The fourth-order valence-electron chi connectivity index (χ4n) is 2.27. The molecule has 0 radical (unpaired) electrons. The lowest BCUT2D eigenvalue weighted by molar-refractivity contribution is -0.141. The van der Waals surface area contributed by atoms with Gasteiger partial charge in [-0.1, -0.05) is 37.6 Å². The van der Waals surface area contributed by atoms with Gasteiger partial charge in [-0.15, -0.1) is 0 Å². The molecular formula is C20H23ClO4. The van der Waals surface area contributed by atoms with E-state index in [1.807, 2.05) is 13.8 Å². The number of rotatable bonds is 7. The number of carboxylic acids is 1. The Kier molecular flexibility index (Phi) is 8.71. The Bertz CT molecular complexity index is 678. The van der Waals surface area contributed by atoms with E-state index in [0.29, 0.717) is 16.3 Å². The van der Waals surface area contributed by atoms with Gasteiger partial charge in [0.05, 0.1) is 13.0 Å². The highest BCUT2D eigenvalue weighted by molar-refractivity contribution is 6.30. The van der Waals surface area contributed by atoms with Crippen molar-refractivity contribution in [3.05, 3.63) is 64.7 Å². The molecule has 0 saturated carbocycles. The number of ether oxygens (including phenoxy) is 1. The van der Waals surface area contributed by atoms with Gasteiger partial charge >= 0.3 is 5.97 Å². The van der Waals surface area contributed by atoms with Crippen molar-refractivity contribution in [2.24, 2.45) is 5.92 Å². The summed E-state index contributed by atoms with van der Waals surface area (Å²) in [4.78, 5) is 23.7. The second kappa shape index (κ2) is 10.5. The molecule has 1 atom stereocenters. The maximum Gasteiger partial charge on any atom is 0.307 e. The van der Waals surface area contributed by atoms with E-state index >= 15 is 0 Å². The molecule has 1 unspecified atom stereocenters. The van der Waals surface area contributed by atoms with Crippen LogP contribution in [0.2, 0.25) is 5.02 Å². The lowest BCUT2D eigenvalue weighted by atomic mass is 9.92. The first kappa shape index (κ1) is 20.7. The molecule has 0 aromatic heterocycles. The molecule has 4 nitrogen and oxygen atoms in total. The van der Waals surface area contributed by atoms with E-state index < -0.39 is 11.9 Å². The number of carbonyl (C=O) groups is 2. The fraction of sp³-hybridized carbons (Fsp3) is 0.300. The van der Waals surface area contributed by atoms with Gasteiger partial charge in [-0.3, -0.25) is 9.59 Å². The minimum atomic E-state index is -0.984. The number of aliphatic carboxylic acids is 1. The molecule has 0 heterocycles. The van der Waals surface area contributed by atoms with Crippen LogP contribution in [0.15, 0.2) is 48.5 Å². The number of hydrogen-bond donors (Lipinski definition) is 1. The molecule has 0 aliphatic heterocycles. The van der Waals surface area contributed by atoms with Crippen LogP contribution in [0.4, 0.5) is 0 Å². The molecule has 0 fully saturated rings. The van der Waals surface area contributed by atoms with Crippen LogP contribution in [0.3, 0.4) is 0 Å². The molecule has 134 valence electrons. The number of carboxylic acid groups (broad SMARTS) is 1. The lowest BCUT2D eigenvalue weighted by Crippen LogP contribution is -2.20. The van der Waals surface area contributed by atoms with Gasteiger partial charge in [0.15, 0.2) is 5.78 Å². The molecule has 0 saturated heterocycles. The Labute approximate surface area is 153 Å². The average molecular weight is 363 g/mol. The molecule has 2 aromatic carbocycles. The van der Waals surface area contributed by atoms with E-state index in [-0.39, 0.29) is 18.6 Å². The molecule has 0 spiro atoms. The van der Waals surface area contributed by atoms with Crippen LogP contribution < -0.4 is 4.74 Å². The van der Waals surface area contributed by atoms with Crippen LogP contribution in [0.1, 0.15) is 36.2 Å². The maximum absolute atomic E-state index is 12.3. The average Bonchev–Trinajstić information content (AvgIpc) is 2.64. The van der Waals surface area contributed by atoms with Gasteiger partial charge < -0.3 is 9.84 Å². The minimum Gasteiger partial charge on any atom is -0.497 e. The number of ketones is 1. The summed E-state index contributed by atoms with van der Waals surface area (Å²) < 4.78 is 5.04. The van der Waals surface area contributed by atoms with Crippen molar-refractivity contribution in [3.8, 4) is 5.75 Å². The van der Waals surface area contributed by atoms with E-state index in [4.69, 9.17) is 16.3 Å². The number of methoxy groups -OCH3 is 1. The van der Waals surface area contributed by atoms with Gasteiger partial charge in [0.25, 0.3) is 0 Å². The fourth-order valence-corrected chi connectivity index (χ4v) is 2.40. The zero-order valence-electron chi connectivity index (χ0n) is 14.7. The minimum absolute atomic E-state index is 0.0513. The molecular weight excluding hydrogens is 340 g/mol. The zero-order chi connectivity index (χ0) is 18.8. The third-order valence-corrected chi connectivity index (χ3v) is 3.84. The SMILES string of the molecule is CC.COc1ccc(C(=O)CC(Cc2ccc(Cl)cc2)C(=O)O)cc1. The van der Waals surface area contributed by atoms with Crippen molar-refractivity contribution in [2.75, 3.05) is 7.11 Å². The molecule has 5 heteroatoms. The Morgan fingerprint density at radius 2 is 1.60 bits per heavy atom. The van der Waals surface area contributed by atoms with Gasteiger partial charge in [0.2, 0.25) is 0 Å². The molecule has 2 aromatic rings. The first-order valence-electron chi connectivity index (χ1n) is 8.14. The third-order valence-electron chi connectivity index (χ3n) is 3.59. The molecule has 1 N–H and O–H groups in total. The van der Waals surface area contributed by atoms with E-state index in [9.17, 15) is 14.7 Å². The quantitative estimate of drug-likeness (QED) is 0.712. The highest BCUT2D eigenvalue weighted by atomic mass is 35.5. The predicted octanol–water partition coefficient (Wildman–Crippen LogP) is 4.89. The predicted molar refractivity (Wildman–Crippen MR) is 99.6 cm³/mol. The van der Waals surface area contributed by atoms with Crippen molar-refractivity contribution >= 4 is 23.4 Å². The van der Waals surface area contributed by atoms with Crippen molar-refractivity contribution < 1.29 is 19.4 Å². The molecule has 0 aliphatic carbocycles. The van der Waals surface area contributed by atoms with Gasteiger partial charge in [0.1, 0.15) is 5.75 Å². The maximum atomic E-state index is 12.3. The summed E-state index contributed by atoms with van der Waals surface area (Å²) in [6.45, 7) is 4.00. The normalized spacial score (nSPS) is 11.0. The third kappa shape index (κ3) is 6.59. The highest BCUT2D eigenvalue weighted by Crippen LogP contribution is 2.19. The Morgan fingerprint density at radius 1 is 1.04 bits per heavy atom.